The molecule has 0 aliphatic heterocycles. The van der Waals surface area contributed by atoms with Gasteiger partial charge in [-0.25, -0.2) is 0 Å². The third-order valence-corrected chi connectivity index (χ3v) is 3.13. The molecule has 1 aromatic rings. The molecule has 0 bridgehead atoms. The molecule has 1 heterocycles. The average molecular weight is 238 g/mol. The molecule has 1 aromatic heterocycles. The number of hydrogen-bond acceptors (Lipinski definition) is 4. The summed E-state index contributed by atoms with van der Waals surface area (Å²) in [6, 6.07) is 0.161. The van der Waals surface area contributed by atoms with Gasteiger partial charge in [-0.1, -0.05) is 0 Å². The molecular weight excluding hydrogens is 220 g/mol. The molecular formula is C11H18N4O2. The number of aromatic nitrogens is 2. The van der Waals surface area contributed by atoms with Gasteiger partial charge in [-0.2, -0.15) is 5.10 Å². The Morgan fingerprint density at radius 2 is 2.41 bits per heavy atom. The van der Waals surface area contributed by atoms with E-state index in [0.717, 1.165) is 19.3 Å². The Kier molecular flexibility index (Phi) is 3.33. The highest BCUT2D eigenvalue weighted by molar-refractivity contribution is 5.97. The average Bonchev–Trinajstić information content (AvgIpc) is 2.85. The maximum atomic E-state index is 11.9. The zero-order valence-electron chi connectivity index (χ0n) is 10.1. The van der Waals surface area contributed by atoms with Crippen molar-refractivity contribution < 1.29 is 9.53 Å². The summed E-state index contributed by atoms with van der Waals surface area (Å²) in [7, 11) is 3.44. The maximum absolute atomic E-state index is 11.9. The van der Waals surface area contributed by atoms with Crippen molar-refractivity contribution in [3.05, 3.63) is 11.9 Å². The Morgan fingerprint density at radius 3 is 2.94 bits per heavy atom. The van der Waals surface area contributed by atoms with E-state index in [1.165, 1.54) is 4.68 Å². The van der Waals surface area contributed by atoms with Gasteiger partial charge in [0.15, 0.2) is 5.69 Å². The molecule has 6 nitrogen and oxygen atoms in total. The van der Waals surface area contributed by atoms with Crippen LogP contribution in [0.25, 0.3) is 0 Å². The fourth-order valence-electron chi connectivity index (χ4n) is 2.22. The number of nitrogens with zero attached hydrogens (tertiary/aromatic N) is 2. The summed E-state index contributed by atoms with van der Waals surface area (Å²) in [4.78, 5) is 11.9. The van der Waals surface area contributed by atoms with E-state index >= 15 is 0 Å². The molecule has 3 N–H and O–H groups in total. The fraction of sp³-hybridized carbons (Fsp3) is 0.636. The van der Waals surface area contributed by atoms with Gasteiger partial charge in [0.25, 0.3) is 5.91 Å². The number of carbonyl (C=O) groups excluding carboxylic acids is 1. The lowest BCUT2D eigenvalue weighted by Gasteiger charge is -2.11. The van der Waals surface area contributed by atoms with Crippen molar-refractivity contribution in [1.82, 2.24) is 15.1 Å². The summed E-state index contributed by atoms with van der Waals surface area (Å²) >= 11 is 0. The molecule has 0 aromatic carbocycles. The SMILES string of the molecule is COC1CCC(NC(=O)c2nn(C)cc2N)C1. The fourth-order valence-corrected chi connectivity index (χ4v) is 2.22. The lowest BCUT2D eigenvalue weighted by molar-refractivity contribution is 0.0910. The minimum Gasteiger partial charge on any atom is -0.396 e. The maximum Gasteiger partial charge on any atom is 0.274 e. The van der Waals surface area contributed by atoms with E-state index in [2.05, 4.69) is 10.4 Å². The third kappa shape index (κ3) is 2.58. The number of aryl methyl sites for hydroxylation is 1. The summed E-state index contributed by atoms with van der Waals surface area (Å²) in [5, 5.41) is 6.98. The van der Waals surface area contributed by atoms with Gasteiger partial charge in [0.1, 0.15) is 0 Å². The van der Waals surface area contributed by atoms with Crippen LogP contribution in [0.4, 0.5) is 5.69 Å². The highest BCUT2D eigenvalue weighted by Crippen LogP contribution is 2.22. The molecule has 1 aliphatic rings. The smallest absolute Gasteiger partial charge is 0.274 e. The number of hydrogen-bond donors (Lipinski definition) is 2. The van der Waals surface area contributed by atoms with Gasteiger partial charge in [0.05, 0.1) is 11.8 Å². The molecule has 0 spiro atoms. The predicted molar refractivity (Wildman–Crippen MR) is 63.5 cm³/mol. The molecule has 17 heavy (non-hydrogen) atoms. The minimum atomic E-state index is -0.204. The number of nitrogens with one attached hydrogen (secondary N) is 1. The second-order valence-electron chi connectivity index (χ2n) is 4.45. The van der Waals surface area contributed by atoms with E-state index < -0.39 is 0 Å². The normalized spacial score (nSPS) is 23.9. The number of ether oxygens (including phenoxy) is 1. The van der Waals surface area contributed by atoms with E-state index in [-0.39, 0.29) is 18.1 Å². The lowest BCUT2D eigenvalue weighted by Crippen LogP contribution is -2.34. The van der Waals surface area contributed by atoms with Gasteiger partial charge in [0, 0.05) is 26.4 Å². The number of carbonyl (C=O) groups is 1. The van der Waals surface area contributed by atoms with Crippen molar-refractivity contribution in [2.24, 2.45) is 7.05 Å². The third-order valence-electron chi connectivity index (χ3n) is 3.13. The van der Waals surface area contributed by atoms with Crippen molar-refractivity contribution in [3.63, 3.8) is 0 Å². The highest BCUT2D eigenvalue weighted by Gasteiger charge is 2.27. The molecule has 2 atom stereocenters. The Morgan fingerprint density at radius 1 is 1.65 bits per heavy atom. The Labute approximate surface area is 100 Å². The topological polar surface area (TPSA) is 82.2 Å². The Bertz CT molecular complexity index is 416. The number of nitrogens with two attached hydrogens (primary N) is 1. The summed E-state index contributed by atoms with van der Waals surface area (Å²) in [5.41, 5.74) is 6.41. The lowest BCUT2D eigenvalue weighted by atomic mass is 10.2. The highest BCUT2D eigenvalue weighted by atomic mass is 16.5. The number of anilines is 1. The molecule has 6 heteroatoms. The van der Waals surface area contributed by atoms with Crippen molar-refractivity contribution in [2.75, 3.05) is 12.8 Å². The standard InChI is InChI=1S/C11H18N4O2/c1-15-6-9(12)10(14-15)11(16)13-7-3-4-8(5-7)17-2/h6-8H,3-5,12H2,1-2H3,(H,13,16). The van der Waals surface area contributed by atoms with Crippen LogP contribution in [-0.4, -0.2) is 34.9 Å². The van der Waals surface area contributed by atoms with Crippen molar-refractivity contribution >= 4 is 11.6 Å². The minimum absolute atomic E-state index is 0.161. The number of methoxy groups -OCH3 is 1. The summed E-state index contributed by atoms with van der Waals surface area (Å²) in [6.45, 7) is 0. The molecule has 1 saturated carbocycles. The first-order valence-corrected chi connectivity index (χ1v) is 5.73. The van der Waals surface area contributed by atoms with E-state index in [9.17, 15) is 4.79 Å². The molecule has 1 aliphatic carbocycles. The van der Waals surface area contributed by atoms with Crippen LogP contribution >= 0.6 is 0 Å². The number of rotatable bonds is 3. The Balaban J connectivity index is 1.96. The van der Waals surface area contributed by atoms with E-state index in [1.807, 2.05) is 0 Å². The van der Waals surface area contributed by atoms with E-state index in [0.29, 0.717) is 11.4 Å². The van der Waals surface area contributed by atoms with E-state index in [4.69, 9.17) is 10.5 Å². The van der Waals surface area contributed by atoms with Gasteiger partial charge in [-0.15, -0.1) is 0 Å². The molecule has 1 amide bonds. The van der Waals surface area contributed by atoms with Gasteiger partial charge >= 0.3 is 0 Å². The van der Waals surface area contributed by atoms with Crippen LogP contribution in [0, 0.1) is 0 Å². The van der Waals surface area contributed by atoms with Crippen molar-refractivity contribution in [2.45, 2.75) is 31.4 Å². The number of nitrogen functional groups attached to an aromatic ring is 1. The van der Waals surface area contributed by atoms with Crippen LogP contribution in [0.5, 0.6) is 0 Å². The first-order valence-electron chi connectivity index (χ1n) is 5.73. The van der Waals surface area contributed by atoms with Crippen LogP contribution < -0.4 is 11.1 Å². The van der Waals surface area contributed by atoms with Crippen LogP contribution in [0.1, 0.15) is 29.8 Å². The molecule has 2 rings (SSSR count). The molecule has 0 saturated heterocycles. The van der Waals surface area contributed by atoms with Gasteiger partial charge < -0.3 is 15.8 Å². The largest absolute Gasteiger partial charge is 0.396 e. The summed E-state index contributed by atoms with van der Waals surface area (Å²) in [6.07, 6.45) is 4.66. The molecule has 1 fully saturated rings. The second kappa shape index (κ2) is 4.75. The zero-order valence-corrected chi connectivity index (χ0v) is 10.1. The van der Waals surface area contributed by atoms with Crippen molar-refractivity contribution in [1.29, 1.82) is 0 Å². The molecule has 94 valence electrons. The van der Waals surface area contributed by atoms with E-state index in [1.54, 1.807) is 20.4 Å². The van der Waals surface area contributed by atoms with Crippen LogP contribution in [0.3, 0.4) is 0 Å². The first kappa shape index (κ1) is 11.9. The van der Waals surface area contributed by atoms with Gasteiger partial charge in [0.2, 0.25) is 0 Å². The molecule has 2 unspecified atom stereocenters. The van der Waals surface area contributed by atoms with Crippen LogP contribution in [0.15, 0.2) is 6.20 Å². The Hall–Kier alpha value is -1.56. The zero-order chi connectivity index (χ0) is 12.4. The van der Waals surface area contributed by atoms with Gasteiger partial charge in [-0.3, -0.25) is 9.48 Å². The van der Waals surface area contributed by atoms with Crippen LogP contribution in [-0.2, 0) is 11.8 Å². The first-order chi connectivity index (χ1) is 8.10. The number of amides is 1. The summed E-state index contributed by atoms with van der Waals surface area (Å²) in [5.74, 6) is -0.204. The van der Waals surface area contributed by atoms with Gasteiger partial charge in [-0.05, 0) is 19.3 Å². The summed E-state index contributed by atoms with van der Waals surface area (Å²) < 4.78 is 6.80. The second-order valence-corrected chi connectivity index (χ2v) is 4.45. The molecule has 0 radical (unpaired) electrons. The monoisotopic (exact) mass is 238 g/mol. The quantitative estimate of drug-likeness (QED) is 0.793. The van der Waals surface area contributed by atoms with Crippen molar-refractivity contribution in [3.8, 4) is 0 Å². The van der Waals surface area contributed by atoms with Crippen LogP contribution in [0.2, 0.25) is 0 Å². The predicted octanol–water partition coefficient (Wildman–Crippen LogP) is 0.300.